The van der Waals surface area contributed by atoms with E-state index in [0.29, 0.717) is 31.6 Å². The summed E-state index contributed by atoms with van der Waals surface area (Å²) in [4.78, 5) is 25.8. The molecule has 0 aromatic carbocycles. The smallest absolute Gasteiger partial charge is 0.249 e. The molecule has 2 aliphatic heterocycles. The first-order valence-corrected chi connectivity index (χ1v) is 15.6. The number of likely N-dealkylation sites (N-methyl/N-ethyl adjacent to an activating group) is 1. The molecule has 2 amide bonds. The Morgan fingerprint density at radius 1 is 1.11 bits per heavy atom. The second kappa shape index (κ2) is 16.7. The zero-order valence-corrected chi connectivity index (χ0v) is 26.1. The highest BCUT2D eigenvalue weighted by Crippen LogP contribution is 2.37. The number of aliphatic hydroxyl groups excluding tert-OH is 3. The van der Waals surface area contributed by atoms with Gasteiger partial charge in [0.2, 0.25) is 11.8 Å². The van der Waals surface area contributed by atoms with Crippen molar-refractivity contribution in [3.05, 3.63) is 11.8 Å². The third-order valence-corrected chi connectivity index (χ3v) is 8.90. The van der Waals surface area contributed by atoms with E-state index in [2.05, 4.69) is 16.0 Å². The molecule has 13 atom stereocenters. The maximum atomic E-state index is 13.0. The average Bonchev–Trinajstić information content (AvgIpc) is 2.99. The van der Waals surface area contributed by atoms with E-state index in [-0.39, 0.29) is 32.5 Å². The predicted octanol–water partition coefficient (Wildman–Crippen LogP) is -5.49. The minimum absolute atomic E-state index is 0.00357. The fourth-order valence-electron chi connectivity index (χ4n) is 6.41. The van der Waals surface area contributed by atoms with E-state index in [4.69, 9.17) is 42.9 Å². The van der Waals surface area contributed by atoms with Crippen LogP contribution in [0.4, 0.5) is 0 Å². The van der Waals surface area contributed by atoms with Crippen molar-refractivity contribution in [3.63, 3.8) is 0 Å². The maximum Gasteiger partial charge on any atom is 0.249 e. The van der Waals surface area contributed by atoms with E-state index in [0.717, 1.165) is 0 Å². The average molecular weight is 647 g/mol. The molecule has 2 fully saturated rings. The Kier molecular flexibility index (Phi) is 13.9. The summed E-state index contributed by atoms with van der Waals surface area (Å²) in [5, 5.41) is 52.4. The summed E-state index contributed by atoms with van der Waals surface area (Å²) in [6.45, 7) is 1.81. The quantitative estimate of drug-likeness (QED) is 0.0837. The van der Waals surface area contributed by atoms with Crippen LogP contribution in [0.25, 0.3) is 0 Å². The molecule has 17 nitrogen and oxygen atoms in total. The van der Waals surface area contributed by atoms with Crippen LogP contribution in [0.15, 0.2) is 11.8 Å². The van der Waals surface area contributed by atoms with Gasteiger partial charge in [-0.3, -0.25) is 9.59 Å². The summed E-state index contributed by atoms with van der Waals surface area (Å²) in [5.74, 6) is -1.58. The number of hydrogen-bond acceptors (Lipinski definition) is 15. The summed E-state index contributed by atoms with van der Waals surface area (Å²) < 4.78 is 18.1. The van der Waals surface area contributed by atoms with Gasteiger partial charge in [0.25, 0.3) is 0 Å². The SMILES string of the molecule is CN[C@@H]1[C@@H](O)[C@@H](O[C@H]2[C@H](NC(=O)[C@@H](O)CCN)C[C@H](N)C([C@H]3OC(CN)=CC[C@H]3NC(=O)C(N)CCCN)[C@@H]2O)OC[C@]1(C)O. The standard InChI is InChI=1S/C28H54N8O9/c1-28(42)12-43-27(21(39)24(28)34-2)45-23-17(36-26(41)18(37)7-9-30)10-15(33)19(20(23)38)22-16(6-5-13(11-31)44-22)35-25(40)14(32)4-3-8-29/h5,14-24,27,34,37-39,42H,3-4,6-12,29-33H2,1-2H3,(H,35,40)(H,36,41)/t14?,15-,16+,17+,18-,19?,20-,21+,22-,23-,24+,27+,28-/m0/s1. The number of rotatable bonds is 14. The lowest BCUT2D eigenvalue weighted by molar-refractivity contribution is -0.297. The van der Waals surface area contributed by atoms with Crippen LogP contribution in [0, 0.1) is 5.92 Å². The Morgan fingerprint density at radius 2 is 1.80 bits per heavy atom. The summed E-state index contributed by atoms with van der Waals surface area (Å²) >= 11 is 0. The number of carbonyl (C=O) groups excluding carboxylic acids is 2. The molecule has 3 aliphatic rings. The summed E-state index contributed by atoms with van der Waals surface area (Å²) in [5.41, 5.74) is 28.2. The van der Waals surface area contributed by atoms with Crippen molar-refractivity contribution in [2.75, 3.05) is 33.3 Å². The first-order chi connectivity index (χ1) is 21.3. The van der Waals surface area contributed by atoms with Crippen molar-refractivity contribution >= 4 is 11.8 Å². The molecule has 17 N–H and O–H groups in total. The topological polar surface area (TPSA) is 309 Å². The number of nitrogens with two attached hydrogens (primary N) is 5. The van der Waals surface area contributed by atoms with Crippen molar-refractivity contribution in [1.29, 1.82) is 0 Å². The van der Waals surface area contributed by atoms with E-state index in [9.17, 15) is 30.0 Å². The largest absolute Gasteiger partial charge is 0.491 e. The Labute approximate surface area is 263 Å². The molecule has 0 aromatic heterocycles. The Balaban J connectivity index is 1.92. The number of nitrogens with one attached hydrogen (secondary N) is 3. The molecule has 2 heterocycles. The lowest BCUT2D eigenvalue weighted by Gasteiger charge is -2.51. The number of aliphatic hydroxyl groups is 4. The van der Waals surface area contributed by atoms with Crippen molar-refractivity contribution < 1.29 is 44.2 Å². The Bertz CT molecular complexity index is 1010. The van der Waals surface area contributed by atoms with Crippen molar-refractivity contribution in [2.24, 2.45) is 34.6 Å². The first kappa shape index (κ1) is 37.5. The molecule has 260 valence electrons. The molecule has 0 spiro atoms. The lowest BCUT2D eigenvalue weighted by Crippen LogP contribution is -2.70. The van der Waals surface area contributed by atoms with Crippen molar-refractivity contribution in [3.8, 4) is 0 Å². The molecule has 0 bridgehead atoms. The Hall–Kier alpha value is -2.00. The molecule has 1 aliphatic carbocycles. The number of ether oxygens (including phenoxy) is 3. The van der Waals surface area contributed by atoms with Crippen molar-refractivity contribution in [1.82, 2.24) is 16.0 Å². The van der Waals surface area contributed by atoms with Gasteiger partial charge < -0.3 is 79.3 Å². The lowest BCUT2D eigenvalue weighted by atomic mass is 9.72. The van der Waals surface area contributed by atoms with Crippen LogP contribution in [0.3, 0.4) is 0 Å². The highest BCUT2D eigenvalue weighted by Gasteiger charge is 2.54. The van der Waals surface area contributed by atoms with Crippen LogP contribution in [0.2, 0.25) is 0 Å². The second-order valence-electron chi connectivity index (χ2n) is 12.4. The van der Waals surface area contributed by atoms with Gasteiger partial charge in [-0.2, -0.15) is 0 Å². The normalized spacial score (nSPS) is 38.4. The molecule has 0 aromatic rings. The predicted molar refractivity (Wildman–Crippen MR) is 163 cm³/mol. The van der Waals surface area contributed by atoms with Gasteiger partial charge in [-0.25, -0.2) is 0 Å². The van der Waals surface area contributed by atoms with E-state index < -0.39 is 90.4 Å². The molecule has 45 heavy (non-hydrogen) atoms. The van der Waals surface area contributed by atoms with Gasteiger partial charge in [0.15, 0.2) is 6.29 Å². The molecule has 2 unspecified atom stereocenters. The summed E-state index contributed by atoms with van der Waals surface area (Å²) in [6, 6.07) is -4.05. The van der Waals surface area contributed by atoms with Crippen LogP contribution < -0.4 is 44.6 Å². The van der Waals surface area contributed by atoms with Gasteiger partial charge in [-0.15, -0.1) is 0 Å². The molecule has 3 rings (SSSR count). The fraction of sp³-hybridized carbons (Fsp3) is 0.857. The van der Waals surface area contributed by atoms with Crippen LogP contribution >= 0.6 is 0 Å². The third kappa shape index (κ3) is 9.09. The Morgan fingerprint density at radius 3 is 2.42 bits per heavy atom. The molecule has 17 heteroatoms. The first-order valence-electron chi connectivity index (χ1n) is 15.6. The minimum atomic E-state index is -1.44. The van der Waals surface area contributed by atoms with E-state index in [1.54, 1.807) is 13.1 Å². The highest BCUT2D eigenvalue weighted by molar-refractivity contribution is 5.82. The second-order valence-corrected chi connectivity index (χ2v) is 12.4. The van der Waals surface area contributed by atoms with Gasteiger partial charge in [0, 0.05) is 12.0 Å². The fourth-order valence-corrected chi connectivity index (χ4v) is 6.41. The highest BCUT2D eigenvalue weighted by atomic mass is 16.7. The zero-order valence-electron chi connectivity index (χ0n) is 26.1. The van der Waals surface area contributed by atoms with Gasteiger partial charge >= 0.3 is 0 Å². The van der Waals surface area contributed by atoms with Crippen LogP contribution in [-0.2, 0) is 23.8 Å². The van der Waals surface area contributed by atoms with Crippen LogP contribution in [-0.4, -0.2) is 138 Å². The molecular weight excluding hydrogens is 592 g/mol. The van der Waals surface area contributed by atoms with Gasteiger partial charge in [-0.05, 0) is 65.2 Å². The number of amides is 2. The maximum absolute atomic E-state index is 13.0. The summed E-state index contributed by atoms with van der Waals surface area (Å²) in [7, 11) is 1.57. The molecule has 1 saturated carbocycles. The van der Waals surface area contributed by atoms with Gasteiger partial charge in [0.05, 0.1) is 43.4 Å². The molecular formula is C28H54N8O9. The number of carbonyl (C=O) groups is 2. The molecule has 1 saturated heterocycles. The zero-order chi connectivity index (χ0) is 33.5. The van der Waals surface area contributed by atoms with Gasteiger partial charge in [0.1, 0.15) is 35.8 Å². The summed E-state index contributed by atoms with van der Waals surface area (Å²) in [6.07, 6.45) is -4.59. The third-order valence-electron chi connectivity index (χ3n) is 8.90. The van der Waals surface area contributed by atoms with Crippen LogP contribution in [0.1, 0.15) is 39.0 Å². The van der Waals surface area contributed by atoms with Crippen LogP contribution in [0.5, 0.6) is 0 Å². The monoisotopic (exact) mass is 646 g/mol. The van der Waals surface area contributed by atoms with Gasteiger partial charge in [-0.1, -0.05) is 0 Å². The van der Waals surface area contributed by atoms with E-state index >= 15 is 0 Å². The minimum Gasteiger partial charge on any atom is -0.491 e. The van der Waals surface area contributed by atoms with Crippen molar-refractivity contribution in [2.45, 2.75) is 112 Å². The van der Waals surface area contributed by atoms with E-state index in [1.807, 2.05) is 0 Å². The molecule has 0 radical (unpaired) electrons. The number of hydrogen-bond donors (Lipinski definition) is 12. The van der Waals surface area contributed by atoms with E-state index in [1.165, 1.54) is 6.92 Å².